The number of aromatic nitrogens is 3. The number of H-pyrrole nitrogens is 1. The smallest absolute Gasteiger partial charge is 0.160 e. The third-order valence-corrected chi connectivity index (χ3v) is 3.85. The number of nitrogens with two attached hydrogens (primary N) is 1. The van der Waals surface area contributed by atoms with E-state index in [2.05, 4.69) is 25.9 Å². The molecule has 0 unspecified atom stereocenters. The molecule has 0 radical (unpaired) electrons. The molecular formula is C14H12ClN5. The van der Waals surface area contributed by atoms with Crippen LogP contribution in [0.4, 0.5) is 17.3 Å². The topological polar surface area (TPSA) is 70.8 Å². The SMILES string of the molecule is Nc1cc2ncnc(N3CCc4ccc(Cl)cc43)c2[nH]1. The minimum absolute atomic E-state index is 0.590. The van der Waals surface area contributed by atoms with Crippen LogP contribution in [0.3, 0.4) is 0 Å². The highest BCUT2D eigenvalue weighted by Crippen LogP contribution is 2.37. The highest BCUT2D eigenvalue weighted by Gasteiger charge is 2.24. The monoisotopic (exact) mass is 285 g/mol. The van der Waals surface area contributed by atoms with Crippen LogP contribution < -0.4 is 10.6 Å². The molecule has 0 amide bonds. The van der Waals surface area contributed by atoms with Crippen molar-refractivity contribution in [3.05, 3.63) is 41.2 Å². The highest BCUT2D eigenvalue weighted by molar-refractivity contribution is 6.31. The Morgan fingerprint density at radius 1 is 1.25 bits per heavy atom. The zero-order chi connectivity index (χ0) is 13.7. The van der Waals surface area contributed by atoms with Crippen LogP contribution >= 0.6 is 11.6 Å². The number of nitrogens with one attached hydrogen (secondary N) is 1. The number of halogens is 1. The fraction of sp³-hybridized carbons (Fsp3) is 0.143. The van der Waals surface area contributed by atoms with Crippen LogP contribution in [-0.2, 0) is 6.42 Å². The van der Waals surface area contributed by atoms with E-state index in [9.17, 15) is 0 Å². The molecule has 0 saturated heterocycles. The quantitative estimate of drug-likeness (QED) is 0.721. The Balaban J connectivity index is 1.92. The van der Waals surface area contributed by atoms with E-state index in [0.717, 1.165) is 40.5 Å². The third-order valence-electron chi connectivity index (χ3n) is 3.62. The van der Waals surface area contributed by atoms with Gasteiger partial charge >= 0.3 is 0 Å². The van der Waals surface area contributed by atoms with Crippen LogP contribution in [0.2, 0.25) is 5.02 Å². The van der Waals surface area contributed by atoms with Gasteiger partial charge in [0.25, 0.3) is 0 Å². The predicted molar refractivity (Wildman–Crippen MR) is 80.5 cm³/mol. The van der Waals surface area contributed by atoms with Crippen molar-refractivity contribution in [1.29, 1.82) is 0 Å². The summed E-state index contributed by atoms with van der Waals surface area (Å²) in [6.07, 6.45) is 2.54. The largest absolute Gasteiger partial charge is 0.385 e. The number of aromatic amines is 1. The zero-order valence-electron chi connectivity index (χ0n) is 10.6. The molecule has 5 nitrogen and oxygen atoms in total. The molecule has 3 aromatic rings. The average Bonchev–Trinajstić information content (AvgIpc) is 3.00. The molecule has 1 aliphatic rings. The summed E-state index contributed by atoms with van der Waals surface area (Å²) in [5, 5.41) is 0.729. The van der Waals surface area contributed by atoms with Crippen molar-refractivity contribution < 1.29 is 0 Å². The maximum absolute atomic E-state index is 6.11. The second-order valence-corrected chi connectivity index (χ2v) is 5.29. The first-order chi connectivity index (χ1) is 9.72. The van der Waals surface area contributed by atoms with Crippen LogP contribution in [0.15, 0.2) is 30.6 Å². The number of anilines is 3. The van der Waals surface area contributed by atoms with Gasteiger partial charge in [0.05, 0.1) is 5.52 Å². The molecule has 0 spiro atoms. The fourth-order valence-corrected chi connectivity index (χ4v) is 2.89. The minimum Gasteiger partial charge on any atom is -0.385 e. The van der Waals surface area contributed by atoms with Crippen molar-refractivity contribution >= 4 is 40.0 Å². The molecule has 6 heteroatoms. The molecule has 2 aromatic heterocycles. The number of hydrogen-bond donors (Lipinski definition) is 2. The van der Waals surface area contributed by atoms with Crippen LogP contribution in [0.5, 0.6) is 0 Å². The Bertz CT molecular complexity index is 810. The molecular weight excluding hydrogens is 274 g/mol. The number of hydrogen-bond acceptors (Lipinski definition) is 4. The summed E-state index contributed by atoms with van der Waals surface area (Å²) in [5.41, 5.74) is 9.88. The van der Waals surface area contributed by atoms with Gasteiger partial charge in [0, 0.05) is 23.3 Å². The number of rotatable bonds is 1. The van der Waals surface area contributed by atoms with Gasteiger partial charge in [0.2, 0.25) is 0 Å². The van der Waals surface area contributed by atoms with Gasteiger partial charge in [-0.3, -0.25) is 0 Å². The van der Waals surface area contributed by atoms with Crippen LogP contribution in [0.25, 0.3) is 11.0 Å². The Hall–Kier alpha value is -2.27. The average molecular weight is 286 g/mol. The van der Waals surface area contributed by atoms with Crippen molar-refractivity contribution in [2.75, 3.05) is 17.2 Å². The van der Waals surface area contributed by atoms with Crippen molar-refractivity contribution in [3.63, 3.8) is 0 Å². The molecule has 0 atom stereocenters. The van der Waals surface area contributed by atoms with Gasteiger partial charge in [-0.05, 0) is 24.1 Å². The third kappa shape index (κ3) is 1.63. The van der Waals surface area contributed by atoms with Gasteiger partial charge in [0.15, 0.2) is 5.82 Å². The normalized spacial score (nSPS) is 13.9. The summed E-state index contributed by atoms with van der Waals surface area (Å²) in [6.45, 7) is 0.876. The Kier molecular flexibility index (Phi) is 2.37. The maximum Gasteiger partial charge on any atom is 0.160 e. The Labute approximate surface area is 120 Å². The second-order valence-electron chi connectivity index (χ2n) is 4.86. The molecule has 20 heavy (non-hydrogen) atoms. The summed E-state index contributed by atoms with van der Waals surface area (Å²) in [6, 6.07) is 7.78. The van der Waals surface area contributed by atoms with Gasteiger partial charge < -0.3 is 15.6 Å². The summed E-state index contributed by atoms with van der Waals surface area (Å²) < 4.78 is 0. The van der Waals surface area contributed by atoms with E-state index < -0.39 is 0 Å². The standard InChI is InChI=1S/C14H12ClN5/c15-9-2-1-8-3-4-20(11(8)5-9)14-13-10(17-7-18-14)6-12(16)19-13/h1-2,5-7,19H,3-4,16H2. The number of benzene rings is 1. The second kappa shape index (κ2) is 4.11. The van der Waals surface area contributed by atoms with Crippen molar-refractivity contribution in [2.45, 2.75) is 6.42 Å². The molecule has 3 N–H and O–H groups in total. The van der Waals surface area contributed by atoms with Crippen LogP contribution in [0.1, 0.15) is 5.56 Å². The summed E-state index contributed by atoms with van der Waals surface area (Å²) in [5.74, 6) is 1.43. The lowest BCUT2D eigenvalue weighted by Gasteiger charge is -2.18. The highest BCUT2D eigenvalue weighted by atomic mass is 35.5. The molecule has 1 aliphatic heterocycles. The molecule has 1 aromatic carbocycles. The van der Waals surface area contributed by atoms with Gasteiger partial charge in [0.1, 0.15) is 17.7 Å². The lowest BCUT2D eigenvalue weighted by Crippen LogP contribution is -2.15. The van der Waals surface area contributed by atoms with Gasteiger partial charge in [-0.1, -0.05) is 17.7 Å². The predicted octanol–water partition coefficient (Wildman–Crippen LogP) is 2.89. The van der Waals surface area contributed by atoms with Crippen molar-refractivity contribution in [1.82, 2.24) is 15.0 Å². The molecule has 0 fully saturated rings. The fourth-order valence-electron chi connectivity index (χ4n) is 2.72. The van der Waals surface area contributed by atoms with Gasteiger partial charge in [-0.15, -0.1) is 0 Å². The number of nitrogens with zero attached hydrogens (tertiary/aromatic N) is 3. The van der Waals surface area contributed by atoms with Gasteiger partial charge in [-0.25, -0.2) is 9.97 Å². The first-order valence-electron chi connectivity index (χ1n) is 6.37. The van der Waals surface area contributed by atoms with E-state index in [-0.39, 0.29) is 0 Å². The summed E-state index contributed by atoms with van der Waals surface area (Å²) >= 11 is 6.11. The number of fused-ring (bicyclic) bond motifs is 2. The van der Waals surface area contributed by atoms with Crippen molar-refractivity contribution in [2.24, 2.45) is 0 Å². The number of nitrogen functional groups attached to an aromatic ring is 1. The molecule has 0 bridgehead atoms. The van der Waals surface area contributed by atoms with E-state index >= 15 is 0 Å². The molecule has 4 rings (SSSR count). The maximum atomic E-state index is 6.11. The van der Waals surface area contributed by atoms with Crippen molar-refractivity contribution in [3.8, 4) is 0 Å². The lowest BCUT2D eigenvalue weighted by molar-refractivity contribution is 0.973. The molecule has 3 heterocycles. The van der Waals surface area contributed by atoms with E-state index in [0.29, 0.717) is 5.82 Å². The van der Waals surface area contributed by atoms with E-state index in [1.54, 1.807) is 6.33 Å². The molecule has 0 saturated carbocycles. The van der Waals surface area contributed by atoms with E-state index in [1.807, 2.05) is 18.2 Å². The zero-order valence-corrected chi connectivity index (χ0v) is 11.4. The molecule has 0 aliphatic carbocycles. The Morgan fingerprint density at radius 2 is 2.15 bits per heavy atom. The first-order valence-corrected chi connectivity index (χ1v) is 6.75. The summed E-state index contributed by atoms with van der Waals surface area (Å²) in [7, 11) is 0. The Morgan fingerprint density at radius 3 is 3.05 bits per heavy atom. The van der Waals surface area contributed by atoms with E-state index in [1.165, 1.54) is 5.56 Å². The summed E-state index contributed by atoms with van der Waals surface area (Å²) in [4.78, 5) is 13.9. The van der Waals surface area contributed by atoms with Crippen LogP contribution in [-0.4, -0.2) is 21.5 Å². The first kappa shape index (κ1) is 11.5. The lowest BCUT2D eigenvalue weighted by atomic mass is 10.2. The van der Waals surface area contributed by atoms with E-state index in [4.69, 9.17) is 17.3 Å². The molecule has 100 valence electrons. The minimum atomic E-state index is 0.590. The van der Waals surface area contributed by atoms with Crippen LogP contribution in [0, 0.1) is 0 Å². The van der Waals surface area contributed by atoms with Gasteiger partial charge in [-0.2, -0.15) is 0 Å².